The second-order valence-electron chi connectivity index (χ2n) is 13.2. The molecule has 16 heteroatoms. The van der Waals surface area contributed by atoms with Crippen LogP contribution in [-0.2, 0) is 56.6 Å². The van der Waals surface area contributed by atoms with Gasteiger partial charge in [-0.3, -0.25) is 4.79 Å². The Hall–Kier alpha value is -4.87. The predicted octanol–water partition coefficient (Wildman–Crippen LogP) is -0.133. The number of benzene rings is 2. The van der Waals surface area contributed by atoms with Crippen LogP contribution in [0.4, 0.5) is 0 Å². The average Bonchev–Trinajstić information content (AvgIpc) is 3.44. The van der Waals surface area contributed by atoms with Crippen LogP contribution >= 0.6 is 0 Å². The number of carboxylic acid groups (broad SMARTS) is 2. The monoisotopic (exact) mass is 711 g/mol. The smallest absolute Gasteiger partial charge is 0.353 e. The van der Waals surface area contributed by atoms with Gasteiger partial charge in [0.2, 0.25) is 12.2 Å². The lowest BCUT2D eigenvalue weighted by Crippen LogP contribution is -2.69. The Morgan fingerprint density at radius 3 is 2.35 bits per heavy atom. The second kappa shape index (κ2) is 13.7. The number of aliphatic hydroxyl groups excluding tert-OH is 3. The van der Waals surface area contributed by atoms with Crippen LogP contribution in [0, 0.1) is 0 Å². The van der Waals surface area contributed by atoms with Crippen molar-refractivity contribution in [2.45, 2.75) is 86.3 Å². The molecule has 2 aromatic carbocycles. The lowest BCUT2D eigenvalue weighted by atomic mass is 9.52. The lowest BCUT2D eigenvalue weighted by Gasteiger charge is -2.56. The molecular formula is C35H37NO15. The number of esters is 3. The van der Waals surface area contributed by atoms with Gasteiger partial charge in [-0.25, -0.2) is 19.2 Å². The molecule has 0 unspecified atom stereocenters. The number of aliphatic hydroxyl groups is 4. The van der Waals surface area contributed by atoms with Crippen LogP contribution in [0.1, 0.15) is 54.0 Å². The van der Waals surface area contributed by atoms with Gasteiger partial charge in [0.05, 0.1) is 24.0 Å². The maximum absolute atomic E-state index is 13.3. The first-order valence-electron chi connectivity index (χ1n) is 16.3. The molecule has 0 amide bonds. The molecule has 2 bridgehead atoms. The highest BCUT2D eigenvalue weighted by atomic mass is 16.6. The summed E-state index contributed by atoms with van der Waals surface area (Å²) in [6, 6.07) is 10.3. The number of likely N-dealkylation sites (tertiary alicyclic amines) is 1. The van der Waals surface area contributed by atoms with Gasteiger partial charge >= 0.3 is 29.8 Å². The van der Waals surface area contributed by atoms with Crippen molar-refractivity contribution in [3.8, 4) is 5.75 Å². The Balaban J connectivity index is 1.22. The number of nitrogens with zero attached hydrogens (tertiary/aromatic N) is 1. The van der Waals surface area contributed by atoms with Crippen LogP contribution in [0.2, 0.25) is 0 Å². The largest absolute Gasteiger partial charge is 0.481 e. The van der Waals surface area contributed by atoms with Gasteiger partial charge in [0.25, 0.3) is 0 Å². The fourth-order valence-electron chi connectivity index (χ4n) is 7.93. The number of carboxylic acids is 2. The molecule has 2 heterocycles. The summed E-state index contributed by atoms with van der Waals surface area (Å²) in [6.07, 6.45) is -8.42. The number of aliphatic carboxylic acids is 2. The second-order valence-corrected chi connectivity index (χ2v) is 13.2. The maximum atomic E-state index is 13.3. The normalized spacial score (nSPS) is 26.9. The molecular weight excluding hydrogens is 674 g/mol. The molecule has 6 rings (SSSR count). The summed E-state index contributed by atoms with van der Waals surface area (Å²) < 4.78 is 21.9. The third kappa shape index (κ3) is 6.02. The highest BCUT2D eigenvalue weighted by Crippen LogP contribution is 2.64. The number of hydrogen-bond donors (Lipinski definition) is 6. The van der Waals surface area contributed by atoms with Gasteiger partial charge in [0.15, 0.2) is 18.3 Å². The molecule has 2 aliphatic heterocycles. The van der Waals surface area contributed by atoms with E-state index in [4.69, 9.17) is 24.1 Å². The SMILES string of the molecule is CN1CCC[C@]23c4c5ccc(CO)c4O[C@H]2C(OC(=O)[C@H](O)[C@@H](O)C(=O)O[C@H](C(=O)O[C@@H](CC(=O)O)C(=O)O)c2ccccc2)=CC[C@@]3(O)[C@H]1C5. The number of likely N-dealkylation sites (N-methyl/N-ethyl adjacent to an activating group) is 1. The molecule has 6 N–H and O–H groups in total. The highest BCUT2D eigenvalue weighted by molar-refractivity contribution is 5.89. The summed E-state index contributed by atoms with van der Waals surface area (Å²) >= 11 is 0. The van der Waals surface area contributed by atoms with E-state index < -0.39 is 77.8 Å². The van der Waals surface area contributed by atoms with Crippen molar-refractivity contribution in [2.75, 3.05) is 13.6 Å². The zero-order chi connectivity index (χ0) is 36.8. The first kappa shape index (κ1) is 35.9. The molecule has 2 aromatic rings. The molecule has 4 aliphatic rings. The average molecular weight is 712 g/mol. The number of carbonyl (C=O) groups excluding carboxylic acids is 3. The molecule has 16 nitrogen and oxygen atoms in total. The van der Waals surface area contributed by atoms with Gasteiger partial charge in [-0.1, -0.05) is 42.5 Å². The minimum atomic E-state index is -2.62. The molecule has 272 valence electrons. The Morgan fingerprint density at radius 1 is 0.980 bits per heavy atom. The summed E-state index contributed by atoms with van der Waals surface area (Å²) in [4.78, 5) is 64.0. The summed E-state index contributed by atoms with van der Waals surface area (Å²) in [5, 5.41) is 62.4. The standard InChI is InChI=1S/C35H37NO15/c1-36-13-5-11-34-24-18-8-9-19(16-37)27(24)50-29(34)20(10-12-35(34,47)22(36)14-18)48-31(44)25(40)26(41)32(45)51-28(17-6-3-2-4-7-17)33(46)49-21(30(42)43)15-23(38)39/h2-4,6-10,21-22,25-26,28-29,37,40-41,47H,5,11-16H2,1H3,(H,38,39)(H,42,43)/t21-,22+,25+,26+,28-,29-,34-,35+/m0/s1. The van der Waals surface area contributed by atoms with E-state index in [9.17, 15) is 49.5 Å². The van der Waals surface area contributed by atoms with E-state index in [0.29, 0.717) is 37.1 Å². The van der Waals surface area contributed by atoms with Crippen LogP contribution in [0.3, 0.4) is 0 Å². The Bertz CT molecular complexity index is 1780. The van der Waals surface area contributed by atoms with Crippen molar-refractivity contribution in [2.24, 2.45) is 0 Å². The predicted molar refractivity (Wildman–Crippen MR) is 169 cm³/mol. The number of hydrogen-bond acceptors (Lipinski definition) is 14. The van der Waals surface area contributed by atoms with E-state index in [-0.39, 0.29) is 30.4 Å². The van der Waals surface area contributed by atoms with Gasteiger partial charge in [-0.05, 0) is 44.5 Å². The van der Waals surface area contributed by atoms with Gasteiger partial charge < -0.3 is 54.5 Å². The van der Waals surface area contributed by atoms with Crippen molar-refractivity contribution < 1.29 is 73.6 Å². The summed E-state index contributed by atoms with van der Waals surface area (Å²) in [5.74, 6) is -7.75. The van der Waals surface area contributed by atoms with Crippen LogP contribution < -0.4 is 4.74 Å². The maximum Gasteiger partial charge on any atom is 0.353 e. The van der Waals surface area contributed by atoms with Gasteiger partial charge in [-0.15, -0.1) is 0 Å². The fraction of sp³-hybridized carbons (Fsp3) is 0.457. The minimum absolute atomic E-state index is 0.0352. The first-order valence-corrected chi connectivity index (χ1v) is 16.3. The van der Waals surface area contributed by atoms with Crippen LogP contribution in [0.25, 0.3) is 0 Å². The van der Waals surface area contributed by atoms with E-state index in [2.05, 4.69) is 4.90 Å². The van der Waals surface area contributed by atoms with E-state index >= 15 is 0 Å². The summed E-state index contributed by atoms with van der Waals surface area (Å²) in [6.45, 7) is 0.320. The molecule has 8 atom stereocenters. The van der Waals surface area contributed by atoms with Gasteiger partial charge in [0.1, 0.15) is 11.5 Å². The molecule has 0 saturated carbocycles. The molecule has 1 saturated heterocycles. The zero-order valence-electron chi connectivity index (χ0n) is 27.3. The third-order valence-electron chi connectivity index (χ3n) is 10.3. The summed E-state index contributed by atoms with van der Waals surface area (Å²) in [5.41, 5.74) is -0.393. The topological polar surface area (TPSA) is 247 Å². The minimum Gasteiger partial charge on any atom is -0.481 e. The van der Waals surface area contributed by atoms with Crippen molar-refractivity contribution in [3.05, 3.63) is 76.6 Å². The van der Waals surface area contributed by atoms with Crippen LogP contribution in [-0.4, -0.2) is 115 Å². The number of ether oxygens (including phenoxy) is 4. The fourth-order valence-corrected chi connectivity index (χ4v) is 7.93. The van der Waals surface area contributed by atoms with Crippen molar-refractivity contribution in [3.63, 3.8) is 0 Å². The molecule has 1 fully saturated rings. The molecule has 51 heavy (non-hydrogen) atoms. The quantitative estimate of drug-likeness (QED) is 0.124. The Labute approximate surface area is 290 Å². The van der Waals surface area contributed by atoms with E-state index in [0.717, 1.165) is 11.1 Å². The van der Waals surface area contributed by atoms with Gasteiger partial charge in [-0.2, -0.15) is 0 Å². The summed E-state index contributed by atoms with van der Waals surface area (Å²) in [7, 11) is 1.93. The van der Waals surface area contributed by atoms with Crippen molar-refractivity contribution in [1.82, 2.24) is 4.90 Å². The number of rotatable bonds is 12. The van der Waals surface area contributed by atoms with Crippen molar-refractivity contribution in [1.29, 1.82) is 0 Å². The Kier molecular flexibility index (Phi) is 9.65. The first-order chi connectivity index (χ1) is 24.2. The van der Waals surface area contributed by atoms with Gasteiger partial charge in [0, 0.05) is 29.2 Å². The van der Waals surface area contributed by atoms with Crippen molar-refractivity contribution >= 4 is 29.8 Å². The lowest BCUT2D eigenvalue weighted by molar-refractivity contribution is -0.187. The molecule has 0 aromatic heterocycles. The highest BCUT2D eigenvalue weighted by Gasteiger charge is 2.71. The van der Waals surface area contributed by atoms with E-state index in [1.165, 1.54) is 30.3 Å². The molecule has 0 radical (unpaired) electrons. The number of carbonyl (C=O) groups is 5. The van der Waals surface area contributed by atoms with E-state index in [1.807, 2.05) is 13.1 Å². The molecule has 1 spiro atoms. The zero-order valence-corrected chi connectivity index (χ0v) is 27.3. The van der Waals surface area contributed by atoms with Crippen LogP contribution in [0.15, 0.2) is 54.3 Å². The third-order valence-corrected chi connectivity index (χ3v) is 10.3. The van der Waals surface area contributed by atoms with Crippen LogP contribution in [0.5, 0.6) is 5.75 Å². The Morgan fingerprint density at radius 2 is 1.69 bits per heavy atom. The van der Waals surface area contributed by atoms with E-state index in [1.54, 1.807) is 12.1 Å². The molecule has 2 aliphatic carbocycles.